The lowest BCUT2D eigenvalue weighted by Crippen LogP contribution is -2.26. The molecule has 102 valence electrons. The van der Waals surface area contributed by atoms with Gasteiger partial charge in [0.1, 0.15) is 11.6 Å². The summed E-state index contributed by atoms with van der Waals surface area (Å²) < 4.78 is 26.4. The summed E-state index contributed by atoms with van der Waals surface area (Å²) in [6, 6.07) is 1.65. The first-order chi connectivity index (χ1) is 9.08. The maximum atomic E-state index is 13.4. The van der Waals surface area contributed by atoms with Crippen molar-refractivity contribution in [3.63, 3.8) is 0 Å². The van der Waals surface area contributed by atoms with E-state index < -0.39 is 17.5 Å². The van der Waals surface area contributed by atoms with Crippen LogP contribution in [0.15, 0.2) is 23.8 Å². The van der Waals surface area contributed by atoms with Gasteiger partial charge < -0.3 is 11.1 Å². The van der Waals surface area contributed by atoms with Crippen molar-refractivity contribution in [1.82, 2.24) is 5.32 Å². The van der Waals surface area contributed by atoms with Gasteiger partial charge in [0.25, 0.3) is 5.91 Å². The van der Waals surface area contributed by atoms with E-state index in [1.807, 2.05) is 0 Å². The molecule has 0 aromatic heterocycles. The van der Waals surface area contributed by atoms with E-state index in [4.69, 9.17) is 5.73 Å². The molecule has 0 saturated heterocycles. The van der Waals surface area contributed by atoms with Gasteiger partial charge in [0, 0.05) is 12.6 Å². The summed E-state index contributed by atoms with van der Waals surface area (Å²) in [4.78, 5) is 11.8. The van der Waals surface area contributed by atoms with E-state index in [1.54, 1.807) is 0 Å². The second kappa shape index (κ2) is 5.82. The van der Waals surface area contributed by atoms with Crippen LogP contribution in [0, 0.1) is 11.6 Å². The third-order valence-electron chi connectivity index (χ3n) is 3.20. The van der Waals surface area contributed by atoms with Crippen molar-refractivity contribution in [2.24, 2.45) is 0 Å². The summed E-state index contributed by atoms with van der Waals surface area (Å²) in [5.41, 5.74) is 6.19. The van der Waals surface area contributed by atoms with Crippen LogP contribution in [0.3, 0.4) is 0 Å². The van der Waals surface area contributed by atoms with E-state index in [1.165, 1.54) is 5.57 Å². The van der Waals surface area contributed by atoms with Gasteiger partial charge in [0.15, 0.2) is 0 Å². The largest absolute Gasteiger partial charge is 0.396 e. The molecule has 0 unspecified atom stereocenters. The maximum Gasteiger partial charge on any atom is 0.254 e. The molecule has 3 N–H and O–H groups in total. The Kier molecular flexibility index (Phi) is 4.14. The Morgan fingerprint density at radius 3 is 2.79 bits per heavy atom. The summed E-state index contributed by atoms with van der Waals surface area (Å²) in [6.07, 6.45) is 6.25. The molecule has 1 aromatic rings. The van der Waals surface area contributed by atoms with Crippen LogP contribution >= 0.6 is 0 Å². The molecule has 1 aromatic carbocycles. The minimum absolute atomic E-state index is 0.223. The van der Waals surface area contributed by atoms with E-state index in [0.29, 0.717) is 12.6 Å². The van der Waals surface area contributed by atoms with Crippen LogP contribution < -0.4 is 11.1 Å². The Hall–Kier alpha value is -1.91. The SMILES string of the molecule is Nc1cc(C(=O)NCCC2=CCCC2)c(F)cc1F. The number of rotatable bonds is 4. The molecule has 19 heavy (non-hydrogen) atoms. The molecule has 0 saturated carbocycles. The third-order valence-corrected chi connectivity index (χ3v) is 3.20. The molecule has 0 aliphatic heterocycles. The first-order valence-corrected chi connectivity index (χ1v) is 6.28. The van der Waals surface area contributed by atoms with Gasteiger partial charge in [-0.15, -0.1) is 0 Å². The molecule has 0 atom stereocenters. The molecule has 3 nitrogen and oxygen atoms in total. The molecule has 1 amide bonds. The fourth-order valence-corrected chi connectivity index (χ4v) is 2.14. The highest BCUT2D eigenvalue weighted by molar-refractivity contribution is 5.95. The number of nitrogens with one attached hydrogen (secondary N) is 1. The van der Waals surface area contributed by atoms with Gasteiger partial charge in [-0.3, -0.25) is 4.79 Å². The Morgan fingerprint density at radius 2 is 2.11 bits per heavy atom. The van der Waals surface area contributed by atoms with Crippen LogP contribution in [0.1, 0.15) is 36.0 Å². The molecule has 1 aliphatic rings. The van der Waals surface area contributed by atoms with E-state index in [0.717, 1.165) is 31.7 Å². The normalized spacial score (nSPS) is 14.3. The van der Waals surface area contributed by atoms with E-state index >= 15 is 0 Å². The van der Waals surface area contributed by atoms with Gasteiger partial charge in [-0.1, -0.05) is 11.6 Å². The van der Waals surface area contributed by atoms with Crippen molar-refractivity contribution in [3.8, 4) is 0 Å². The van der Waals surface area contributed by atoms with Gasteiger partial charge in [-0.2, -0.15) is 0 Å². The molecule has 1 aliphatic carbocycles. The average Bonchev–Trinajstić information content (AvgIpc) is 2.86. The van der Waals surface area contributed by atoms with Gasteiger partial charge in [0.2, 0.25) is 0 Å². The molecule has 0 heterocycles. The van der Waals surface area contributed by atoms with Gasteiger partial charge in [-0.05, 0) is 31.7 Å². The van der Waals surface area contributed by atoms with Gasteiger partial charge in [-0.25, -0.2) is 8.78 Å². The number of carbonyl (C=O) groups excluding carboxylic acids is 1. The Balaban J connectivity index is 1.94. The Bertz CT molecular complexity index is 526. The van der Waals surface area contributed by atoms with Crippen LogP contribution in [0.4, 0.5) is 14.5 Å². The summed E-state index contributed by atoms with van der Waals surface area (Å²) in [6.45, 7) is 0.446. The lowest BCUT2D eigenvalue weighted by Gasteiger charge is -2.08. The number of carbonyl (C=O) groups is 1. The molecule has 0 fully saturated rings. The van der Waals surface area contributed by atoms with Crippen molar-refractivity contribution in [3.05, 3.63) is 41.0 Å². The smallest absolute Gasteiger partial charge is 0.254 e. The maximum absolute atomic E-state index is 13.4. The predicted octanol–water partition coefficient (Wildman–Crippen LogP) is 2.78. The number of allylic oxidation sites excluding steroid dienone is 1. The van der Waals surface area contributed by atoms with Gasteiger partial charge in [0.05, 0.1) is 11.3 Å². The highest BCUT2D eigenvalue weighted by Gasteiger charge is 2.14. The van der Waals surface area contributed by atoms with Crippen molar-refractivity contribution < 1.29 is 13.6 Å². The van der Waals surface area contributed by atoms with Crippen LogP contribution in [0.2, 0.25) is 0 Å². The minimum atomic E-state index is -0.899. The average molecular weight is 266 g/mol. The second-order valence-electron chi connectivity index (χ2n) is 4.61. The number of hydrogen-bond acceptors (Lipinski definition) is 2. The summed E-state index contributed by atoms with van der Waals surface area (Å²) in [5, 5.41) is 2.62. The first kappa shape index (κ1) is 13.5. The summed E-state index contributed by atoms with van der Waals surface area (Å²) in [5.74, 6) is -2.32. The monoisotopic (exact) mass is 266 g/mol. The quantitative estimate of drug-likeness (QED) is 0.650. The Morgan fingerprint density at radius 1 is 1.32 bits per heavy atom. The van der Waals surface area contributed by atoms with Crippen molar-refractivity contribution in [2.45, 2.75) is 25.7 Å². The zero-order valence-electron chi connectivity index (χ0n) is 10.5. The summed E-state index contributed by atoms with van der Waals surface area (Å²) in [7, 11) is 0. The molecular weight excluding hydrogens is 250 g/mol. The van der Waals surface area contributed by atoms with E-state index in [9.17, 15) is 13.6 Å². The molecule has 0 bridgehead atoms. The number of amides is 1. The number of hydrogen-bond donors (Lipinski definition) is 2. The predicted molar refractivity (Wildman–Crippen MR) is 69.7 cm³/mol. The topological polar surface area (TPSA) is 55.1 Å². The lowest BCUT2D eigenvalue weighted by molar-refractivity contribution is 0.0950. The molecule has 5 heteroatoms. The summed E-state index contributed by atoms with van der Waals surface area (Å²) >= 11 is 0. The minimum Gasteiger partial charge on any atom is -0.396 e. The molecule has 0 radical (unpaired) electrons. The first-order valence-electron chi connectivity index (χ1n) is 6.28. The Labute approximate surface area is 110 Å². The highest BCUT2D eigenvalue weighted by Crippen LogP contribution is 2.20. The van der Waals surface area contributed by atoms with Gasteiger partial charge >= 0.3 is 0 Å². The van der Waals surface area contributed by atoms with Crippen LogP contribution in [-0.4, -0.2) is 12.5 Å². The number of anilines is 1. The van der Waals surface area contributed by atoms with Crippen LogP contribution in [0.5, 0.6) is 0 Å². The van der Waals surface area contributed by atoms with Crippen molar-refractivity contribution in [2.75, 3.05) is 12.3 Å². The number of halogens is 2. The van der Waals surface area contributed by atoms with E-state index in [-0.39, 0.29) is 11.3 Å². The van der Waals surface area contributed by atoms with Crippen LogP contribution in [0.25, 0.3) is 0 Å². The van der Waals surface area contributed by atoms with Crippen molar-refractivity contribution in [1.29, 1.82) is 0 Å². The van der Waals surface area contributed by atoms with Crippen LogP contribution in [-0.2, 0) is 0 Å². The number of benzene rings is 1. The fourth-order valence-electron chi connectivity index (χ4n) is 2.14. The molecule has 2 rings (SSSR count). The fraction of sp³-hybridized carbons (Fsp3) is 0.357. The standard InChI is InChI=1S/C14H16F2N2O/c15-11-8-12(16)13(17)7-10(11)14(19)18-6-5-9-3-1-2-4-9/h3,7-8H,1-2,4-6,17H2,(H,18,19). The second-order valence-corrected chi connectivity index (χ2v) is 4.61. The zero-order chi connectivity index (χ0) is 13.8. The lowest BCUT2D eigenvalue weighted by atomic mass is 10.1. The molecule has 0 spiro atoms. The molecular formula is C14H16F2N2O. The zero-order valence-corrected chi connectivity index (χ0v) is 10.5. The highest BCUT2D eigenvalue weighted by atomic mass is 19.1. The van der Waals surface area contributed by atoms with E-state index in [2.05, 4.69) is 11.4 Å². The van der Waals surface area contributed by atoms with Crippen molar-refractivity contribution >= 4 is 11.6 Å². The number of nitrogen functional groups attached to an aromatic ring is 1. The third kappa shape index (κ3) is 3.30. The number of nitrogens with two attached hydrogens (primary N) is 1.